The number of carbonyl (C=O) groups is 14. The van der Waals surface area contributed by atoms with E-state index < -0.39 is 198 Å². The first-order valence-corrected chi connectivity index (χ1v) is 42.1. The molecule has 1 aliphatic heterocycles. The third-order valence-electron chi connectivity index (χ3n) is 20.7. The van der Waals surface area contributed by atoms with E-state index in [9.17, 15) is 92.3 Å². The van der Waals surface area contributed by atoms with Crippen LogP contribution < -0.4 is 86.0 Å². The summed E-state index contributed by atoms with van der Waals surface area (Å²) in [6, 6.07) is 2.55. The molecule has 0 fully saturated rings. The number of nitrogens with one attached hydrogen (secondary N) is 14. The number of phenols is 1. The van der Waals surface area contributed by atoms with Gasteiger partial charge < -0.3 is 110 Å². The van der Waals surface area contributed by atoms with E-state index in [1.165, 1.54) is 67.1 Å². The minimum Gasteiger partial charge on any atom is -0.508 e. The number of hydrogen-bond donors (Lipinski definition) is 20. The number of amides is 13. The number of aromatic nitrogens is 2. The maximum absolute atomic E-state index is 14.7. The van der Waals surface area contributed by atoms with Gasteiger partial charge in [0.15, 0.2) is 10.5 Å². The zero-order chi connectivity index (χ0) is 93.2. The minimum absolute atomic E-state index is 0.00311. The van der Waals surface area contributed by atoms with Crippen molar-refractivity contribution in [3.63, 3.8) is 0 Å². The SMILES string of the molecule is CC[C@H](C)[C@H](NC(=O)[C@@H](NC(=O)c1cccc(Cl)c1Cl)C(C)(C)C)C(=O)N[C@H](C(=O)N[C@H](C(=O)N[C@H](C(=O)N[C@@H](CCC(N)=O)C(=O)N[C@@H](Cc1c[nH]cn1)C(=O)N[C@H](CC(C)C)C(=O)N[C@@H](CO)C(=O)NCCC(=O)N[C@@H](CCCCNC(=S)Nc1ccc(-c2c3ccc(=O)cc-3oc3cc(O)ccc23)c(C(=O)O)c1)C(N)=O)[C@@H](C)O)[C@@H](C)CC)C(C)(C)C. The van der Waals surface area contributed by atoms with Crippen LogP contribution in [0.15, 0.2) is 94.5 Å². The number of H-pyrrole nitrogens is 1. The Morgan fingerprint density at radius 2 is 1.16 bits per heavy atom. The van der Waals surface area contributed by atoms with Crippen molar-refractivity contribution in [3.8, 4) is 28.2 Å². The number of unbranched alkanes of at least 4 members (excludes halogenated alkanes) is 1. The maximum atomic E-state index is 14.7. The Kier molecular flexibility index (Phi) is 38.1. The number of anilines is 1. The number of carboxylic acid groups (broad SMARTS) is 1. The van der Waals surface area contributed by atoms with E-state index in [0.717, 1.165) is 6.92 Å². The quantitative estimate of drug-likeness (QED) is 0.0147. The Labute approximate surface area is 738 Å². The van der Waals surface area contributed by atoms with E-state index in [0.29, 0.717) is 47.0 Å². The van der Waals surface area contributed by atoms with Gasteiger partial charge in [-0.3, -0.25) is 67.1 Å². The number of benzene rings is 4. The highest BCUT2D eigenvalue weighted by atomic mass is 35.5. The molecule has 1 aliphatic carbocycles. The molecule has 0 spiro atoms. The monoisotopic (exact) mass is 1800 g/mol. The maximum Gasteiger partial charge on any atom is 0.336 e. The highest BCUT2D eigenvalue weighted by Gasteiger charge is 2.43. The summed E-state index contributed by atoms with van der Waals surface area (Å²) in [4.78, 5) is 213. The largest absolute Gasteiger partial charge is 0.508 e. The van der Waals surface area contributed by atoms with Crippen molar-refractivity contribution in [2.75, 3.05) is 25.0 Å². The number of aliphatic hydroxyl groups is 2. The number of aromatic amines is 1. The lowest BCUT2D eigenvalue weighted by Crippen LogP contribution is -2.64. The number of phenolic OH excluding ortho intramolecular Hbond substituents is 1. The summed E-state index contributed by atoms with van der Waals surface area (Å²) < 4.78 is 5.92. The molecule has 37 nitrogen and oxygen atoms in total. The van der Waals surface area contributed by atoms with Crippen LogP contribution in [0.2, 0.25) is 10.0 Å². The molecule has 3 aromatic carbocycles. The molecule has 4 aromatic rings. The van der Waals surface area contributed by atoms with E-state index in [-0.39, 0.29) is 99.2 Å². The summed E-state index contributed by atoms with van der Waals surface area (Å²) in [7, 11) is 0. The fourth-order valence-corrected chi connectivity index (χ4v) is 13.9. The number of primary amides is 2. The number of thiocarbonyl (C=S) groups is 1. The second-order valence-corrected chi connectivity index (χ2v) is 34.5. The summed E-state index contributed by atoms with van der Waals surface area (Å²) in [6.45, 7) is 20.3. The van der Waals surface area contributed by atoms with Crippen LogP contribution in [0.25, 0.3) is 33.4 Å². The second-order valence-electron chi connectivity index (χ2n) is 33.3. The molecule has 0 unspecified atom stereocenters. The molecule has 1 aromatic heterocycles. The van der Waals surface area contributed by atoms with Crippen molar-refractivity contribution in [2.45, 2.75) is 221 Å². The topological polar surface area (TPSA) is 587 Å². The van der Waals surface area contributed by atoms with Crippen LogP contribution in [0.3, 0.4) is 0 Å². The van der Waals surface area contributed by atoms with Crippen molar-refractivity contribution in [3.05, 3.63) is 122 Å². The highest BCUT2D eigenvalue weighted by Crippen LogP contribution is 2.43. The van der Waals surface area contributed by atoms with Gasteiger partial charge in [0.2, 0.25) is 70.9 Å². The van der Waals surface area contributed by atoms with E-state index in [1.807, 2.05) is 0 Å². The Bertz CT molecular complexity index is 4920. The molecule has 22 N–H and O–H groups in total. The van der Waals surface area contributed by atoms with Crippen LogP contribution in [-0.2, 0) is 64.0 Å². The number of aromatic hydroxyl groups is 1. The van der Waals surface area contributed by atoms with E-state index in [4.69, 9.17) is 51.3 Å². The lowest BCUT2D eigenvalue weighted by atomic mass is 9.84. The van der Waals surface area contributed by atoms with Crippen molar-refractivity contribution in [1.29, 1.82) is 0 Å². The molecule has 13 atom stereocenters. The normalized spacial score (nSPS) is 14.7. The first-order chi connectivity index (χ1) is 58.7. The minimum atomic E-state index is -1.89. The van der Waals surface area contributed by atoms with Crippen molar-refractivity contribution >= 4 is 140 Å². The number of aliphatic hydroxyl groups excluding tert-OH is 2. The predicted octanol–water partition coefficient (Wildman–Crippen LogP) is 3.72. The Balaban J connectivity index is 1.05. The number of fused-ring (bicyclic) bond motifs is 2. The van der Waals surface area contributed by atoms with E-state index in [2.05, 4.69) is 79.1 Å². The van der Waals surface area contributed by atoms with Crippen LogP contribution in [0.4, 0.5) is 5.69 Å². The summed E-state index contributed by atoms with van der Waals surface area (Å²) in [5.74, 6) is -14.6. The Hall–Kier alpha value is -11.9. The first kappa shape index (κ1) is 102. The zero-order valence-corrected chi connectivity index (χ0v) is 74.3. The average Bonchev–Trinajstić information content (AvgIpc) is 0.936. The summed E-state index contributed by atoms with van der Waals surface area (Å²) in [5, 5.41) is 77.2. The van der Waals surface area contributed by atoms with Gasteiger partial charge in [-0.05, 0) is 134 Å². The summed E-state index contributed by atoms with van der Waals surface area (Å²) >= 11 is 18.0. The molecule has 0 radical (unpaired) electrons. The fourth-order valence-electron chi connectivity index (χ4n) is 13.3. The van der Waals surface area contributed by atoms with Crippen molar-refractivity contribution in [1.82, 2.24) is 73.8 Å². The van der Waals surface area contributed by atoms with Gasteiger partial charge in [0.1, 0.15) is 77.5 Å². The van der Waals surface area contributed by atoms with Crippen LogP contribution in [0, 0.1) is 28.6 Å². The van der Waals surface area contributed by atoms with Gasteiger partial charge in [0.25, 0.3) is 5.91 Å². The summed E-state index contributed by atoms with van der Waals surface area (Å²) in [5.41, 5.74) is 10.7. The molecular formula is C85H115Cl2N17O20S. The van der Waals surface area contributed by atoms with Gasteiger partial charge in [-0.2, -0.15) is 0 Å². The summed E-state index contributed by atoms with van der Waals surface area (Å²) in [6.07, 6.45) is 0.463. The molecule has 2 heterocycles. The fraction of sp³-hybridized carbons (Fsp3) is 0.494. The molecule has 125 heavy (non-hydrogen) atoms. The molecule has 2 aliphatic rings. The van der Waals surface area contributed by atoms with Gasteiger partial charge in [-0.1, -0.05) is 131 Å². The molecule has 6 rings (SSSR count). The van der Waals surface area contributed by atoms with Gasteiger partial charge in [0.05, 0.1) is 45.9 Å². The first-order valence-electron chi connectivity index (χ1n) is 40.9. The lowest BCUT2D eigenvalue weighted by Gasteiger charge is -2.36. The van der Waals surface area contributed by atoms with Crippen LogP contribution >= 0.6 is 35.4 Å². The van der Waals surface area contributed by atoms with Gasteiger partial charge in [-0.15, -0.1) is 0 Å². The second kappa shape index (κ2) is 46.7. The molecule has 40 heteroatoms. The number of halogens is 2. The number of carbonyl (C=O) groups excluding carboxylic acids is 13. The number of carboxylic acids is 1. The van der Waals surface area contributed by atoms with Crippen LogP contribution in [0.1, 0.15) is 174 Å². The van der Waals surface area contributed by atoms with E-state index in [1.54, 1.807) is 101 Å². The molecule has 0 bridgehead atoms. The zero-order valence-electron chi connectivity index (χ0n) is 71.9. The predicted molar refractivity (Wildman–Crippen MR) is 470 cm³/mol. The standard InChI is InChI=1S/C85H115Cl2N17O20S/c1-14-42(5)66(100-81(121)70(85(11,12)13)104-78(118)67(43(6)15-2)101-80(120)69(84(8,9)10)103-72(112)52-19-18-20-54(86)65(52)87)77(117)102-68(44(7)106)79(119)96-56(28-29-62(88)109)74(114)98-58(35-46-38-90-40-93-46)76(116)97-57(33-41(3)4)75(115)99-59(39-105)73(113)91-32-30-63(110)95-55(71(89)111)21-16-17-31-92-83(125)94-45-22-25-49(53(34-45)82(122)123)64-50-26-23-47(107)36-60(50)124-61-37-48(108)24-27-51(61)64/h18-20,22-27,34,36-38,40-44,55-59,66-70,105-107H,14-17,21,28-33,35,39H2,1-13H3,(H2,88,109)(H2,89,111)(H,90,93)(H,91,113)(H,95,110)(H,96,119)(H,97,116)(H,98,114)(H,99,115)(H,100,121)(H,101,120)(H,102,117)(H,103,112)(H,104,118)(H,122,123)(H2,92,94,125)/t42-,43-,44+,55-,56-,57+,58-,59-,66-,67-,68-,69+,70+/m0/s1. The average molecular weight is 1800 g/mol. The van der Waals surface area contributed by atoms with Gasteiger partial charge >= 0.3 is 5.97 Å². The molecule has 680 valence electrons. The number of nitrogens with zero attached hydrogens (tertiary/aromatic N) is 1. The van der Waals surface area contributed by atoms with E-state index >= 15 is 0 Å². The van der Waals surface area contributed by atoms with Crippen LogP contribution in [0.5, 0.6) is 5.75 Å². The van der Waals surface area contributed by atoms with Crippen molar-refractivity contribution in [2.24, 2.45) is 40.1 Å². The van der Waals surface area contributed by atoms with Crippen molar-refractivity contribution < 1.29 is 92.0 Å². The highest BCUT2D eigenvalue weighted by molar-refractivity contribution is 7.80. The number of rotatable bonds is 45. The third-order valence-corrected chi connectivity index (χ3v) is 21.8. The number of hydrogen-bond acceptors (Lipinski definition) is 21. The molecular weight excluding hydrogens is 1680 g/mol. The van der Waals surface area contributed by atoms with Gasteiger partial charge in [0, 0.05) is 72.9 Å². The molecule has 0 saturated carbocycles. The molecule has 0 saturated heterocycles. The number of aromatic carboxylic acids is 1. The third kappa shape index (κ3) is 29.9. The van der Waals surface area contributed by atoms with Crippen LogP contribution in [-0.4, -0.2) is 204 Å². The number of nitrogens with two attached hydrogens (primary N) is 2. The lowest BCUT2D eigenvalue weighted by molar-refractivity contribution is -0.139. The number of imidazole rings is 1. The smallest absolute Gasteiger partial charge is 0.336 e. The Morgan fingerprint density at radius 1 is 0.584 bits per heavy atom. The molecule has 13 amide bonds. The van der Waals surface area contributed by atoms with Gasteiger partial charge in [-0.25, -0.2) is 9.78 Å². The Morgan fingerprint density at radius 3 is 1.74 bits per heavy atom.